The summed E-state index contributed by atoms with van der Waals surface area (Å²) in [4.78, 5) is 25.3. The van der Waals surface area contributed by atoms with E-state index < -0.39 is 24.4 Å². The first-order valence-corrected chi connectivity index (χ1v) is 8.53. The summed E-state index contributed by atoms with van der Waals surface area (Å²) in [6.07, 6.45) is 3.27. The zero-order valence-electron chi connectivity index (χ0n) is 13.8. The Kier molecular flexibility index (Phi) is 5.96. The van der Waals surface area contributed by atoms with Crippen LogP contribution in [-0.4, -0.2) is 49.8 Å². The third kappa shape index (κ3) is 4.39. The molecule has 3 aromatic rings. The number of benzene rings is 1. The number of nitrogens with one attached hydrogen (secondary N) is 2. The SMILES string of the molecule is O=C(NOCC(O)CO)c1ncc2cncn2c1Nc1ccc(Br)cc1F. The van der Waals surface area contributed by atoms with Gasteiger partial charge in [0.1, 0.15) is 30.7 Å². The number of hydrogen-bond acceptors (Lipinski definition) is 7. The van der Waals surface area contributed by atoms with Crippen molar-refractivity contribution in [2.45, 2.75) is 6.10 Å². The molecule has 9 nitrogen and oxygen atoms in total. The van der Waals surface area contributed by atoms with Crippen molar-refractivity contribution in [1.82, 2.24) is 19.8 Å². The largest absolute Gasteiger partial charge is 0.394 e. The van der Waals surface area contributed by atoms with Crippen molar-refractivity contribution in [3.63, 3.8) is 0 Å². The number of carbonyl (C=O) groups excluding carboxylic acids is 1. The van der Waals surface area contributed by atoms with Gasteiger partial charge in [0.15, 0.2) is 5.69 Å². The van der Waals surface area contributed by atoms with Crippen molar-refractivity contribution >= 4 is 38.9 Å². The van der Waals surface area contributed by atoms with Crippen LogP contribution in [0.25, 0.3) is 5.52 Å². The number of halogens is 2. The van der Waals surface area contributed by atoms with Crippen molar-refractivity contribution in [3.05, 3.63) is 52.9 Å². The number of aliphatic hydroxyl groups is 2. The second-order valence-electron chi connectivity index (χ2n) is 5.47. The molecule has 0 fully saturated rings. The van der Waals surface area contributed by atoms with Crippen LogP contribution in [0.3, 0.4) is 0 Å². The van der Waals surface area contributed by atoms with E-state index in [4.69, 9.17) is 9.94 Å². The summed E-state index contributed by atoms with van der Waals surface area (Å²) in [7, 11) is 0. The molecule has 1 amide bonds. The van der Waals surface area contributed by atoms with Crippen LogP contribution in [0.4, 0.5) is 15.9 Å². The van der Waals surface area contributed by atoms with Gasteiger partial charge in [0.25, 0.3) is 5.91 Å². The molecule has 2 heterocycles. The lowest BCUT2D eigenvalue weighted by molar-refractivity contribution is -0.0296. The smallest absolute Gasteiger partial charge is 0.297 e. The molecule has 0 aliphatic heterocycles. The molecule has 0 saturated carbocycles. The standard InChI is InChI=1S/C16H15BrFN5O4/c17-9-1-2-13(12(18)3-9)21-15-14(16(26)22-27-7-11(25)6-24)20-5-10-4-19-8-23(10)15/h1-5,8,11,21,24-25H,6-7H2,(H,22,26). The summed E-state index contributed by atoms with van der Waals surface area (Å²) in [5.74, 6) is -1.08. The third-order valence-electron chi connectivity index (χ3n) is 3.51. The minimum atomic E-state index is -1.14. The van der Waals surface area contributed by atoms with Crippen LogP contribution < -0.4 is 10.8 Å². The first-order chi connectivity index (χ1) is 13.0. The Morgan fingerprint density at radius 1 is 1.41 bits per heavy atom. The van der Waals surface area contributed by atoms with Crippen molar-refractivity contribution < 1.29 is 24.2 Å². The fraction of sp³-hybridized carbons (Fsp3) is 0.188. The molecule has 27 heavy (non-hydrogen) atoms. The Balaban J connectivity index is 1.91. The van der Waals surface area contributed by atoms with Crippen molar-refractivity contribution in [2.24, 2.45) is 0 Å². The lowest BCUT2D eigenvalue weighted by Crippen LogP contribution is -2.31. The van der Waals surface area contributed by atoms with Gasteiger partial charge in [-0.15, -0.1) is 0 Å². The van der Waals surface area contributed by atoms with Crippen molar-refractivity contribution in [3.8, 4) is 0 Å². The van der Waals surface area contributed by atoms with E-state index in [-0.39, 0.29) is 23.8 Å². The maximum Gasteiger partial charge on any atom is 0.297 e. The fourth-order valence-electron chi connectivity index (χ4n) is 2.20. The molecule has 2 aromatic heterocycles. The predicted octanol–water partition coefficient (Wildman–Crippen LogP) is 1.39. The summed E-state index contributed by atoms with van der Waals surface area (Å²) >= 11 is 3.18. The highest BCUT2D eigenvalue weighted by Crippen LogP contribution is 2.25. The normalized spacial score (nSPS) is 12.1. The molecule has 3 rings (SSSR count). The molecule has 1 atom stereocenters. The zero-order chi connectivity index (χ0) is 19.4. The molecule has 0 aliphatic carbocycles. The van der Waals surface area contributed by atoms with Gasteiger partial charge in [-0.2, -0.15) is 0 Å². The Morgan fingerprint density at radius 2 is 2.22 bits per heavy atom. The van der Waals surface area contributed by atoms with Crippen LogP contribution in [0.15, 0.2) is 41.4 Å². The quantitative estimate of drug-likeness (QED) is 0.410. The number of imidazole rings is 1. The summed E-state index contributed by atoms with van der Waals surface area (Å²) in [5.41, 5.74) is 2.76. The fourth-order valence-corrected chi connectivity index (χ4v) is 2.54. The average Bonchev–Trinajstić information content (AvgIpc) is 3.12. The topological polar surface area (TPSA) is 121 Å². The van der Waals surface area contributed by atoms with Crippen LogP contribution in [0.5, 0.6) is 0 Å². The Hall–Kier alpha value is -2.60. The molecule has 142 valence electrons. The Labute approximate surface area is 160 Å². The van der Waals surface area contributed by atoms with Gasteiger partial charge in [-0.1, -0.05) is 15.9 Å². The summed E-state index contributed by atoms with van der Waals surface area (Å²) in [6.45, 7) is -0.815. The number of amides is 1. The van der Waals surface area contributed by atoms with E-state index >= 15 is 0 Å². The monoisotopic (exact) mass is 439 g/mol. The number of anilines is 2. The van der Waals surface area contributed by atoms with E-state index in [0.717, 1.165) is 0 Å². The van der Waals surface area contributed by atoms with Crippen LogP contribution in [0, 0.1) is 5.82 Å². The summed E-state index contributed by atoms with van der Waals surface area (Å²) in [5, 5.41) is 20.8. The molecule has 0 saturated heterocycles. The number of carbonyl (C=O) groups is 1. The summed E-state index contributed by atoms with van der Waals surface area (Å²) in [6, 6.07) is 4.43. The van der Waals surface area contributed by atoms with Crippen molar-refractivity contribution in [1.29, 1.82) is 0 Å². The molecule has 0 spiro atoms. The van der Waals surface area contributed by atoms with E-state index in [1.165, 1.54) is 35.3 Å². The minimum Gasteiger partial charge on any atom is -0.394 e. The first kappa shape index (κ1) is 19.2. The maximum atomic E-state index is 14.2. The molecular weight excluding hydrogens is 425 g/mol. The lowest BCUT2D eigenvalue weighted by atomic mass is 10.3. The Morgan fingerprint density at radius 3 is 2.96 bits per heavy atom. The van der Waals surface area contributed by atoms with Crippen LogP contribution in [0.1, 0.15) is 10.5 Å². The molecule has 1 aromatic carbocycles. The molecule has 0 bridgehead atoms. The number of fused-ring (bicyclic) bond motifs is 1. The van der Waals surface area contributed by atoms with E-state index in [1.807, 2.05) is 0 Å². The van der Waals surface area contributed by atoms with Gasteiger partial charge in [0, 0.05) is 4.47 Å². The predicted molar refractivity (Wildman–Crippen MR) is 96.9 cm³/mol. The number of aliphatic hydroxyl groups excluding tert-OH is 2. The van der Waals surface area contributed by atoms with E-state index in [9.17, 15) is 14.3 Å². The van der Waals surface area contributed by atoms with Gasteiger partial charge in [0.05, 0.1) is 30.2 Å². The van der Waals surface area contributed by atoms with Gasteiger partial charge < -0.3 is 15.5 Å². The highest BCUT2D eigenvalue weighted by atomic mass is 79.9. The second-order valence-corrected chi connectivity index (χ2v) is 6.39. The zero-order valence-corrected chi connectivity index (χ0v) is 15.4. The number of hydrogen-bond donors (Lipinski definition) is 4. The maximum absolute atomic E-state index is 14.2. The minimum absolute atomic E-state index is 0.0821. The molecule has 11 heteroatoms. The van der Waals surface area contributed by atoms with Gasteiger partial charge in [-0.3, -0.25) is 14.0 Å². The second kappa shape index (κ2) is 8.39. The van der Waals surface area contributed by atoms with Crippen molar-refractivity contribution in [2.75, 3.05) is 18.5 Å². The number of hydroxylamine groups is 1. The van der Waals surface area contributed by atoms with E-state index in [2.05, 4.69) is 36.7 Å². The first-order valence-electron chi connectivity index (χ1n) is 7.73. The van der Waals surface area contributed by atoms with E-state index in [1.54, 1.807) is 6.07 Å². The number of aromatic nitrogens is 3. The highest BCUT2D eigenvalue weighted by Gasteiger charge is 2.19. The third-order valence-corrected chi connectivity index (χ3v) is 4.00. The Bertz CT molecular complexity index is 967. The van der Waals surface area contributed by atoms with Crippen LogP contribution >= 0.6 is 15.9 Å². The van der Waals surface area contributed by atoms with Gasteiger partial charge in [0.2, 0.25) is 0 Å². The molecule has 4 N–H and O–H groups in total. The number of rotatable bonds is 7. The van der Waals surface area contributed by atoms with Crippen LogP contribution in [0.2, 0.25) is 0 Å². The summed E-state index contributed by atoms with van der Waals surface area (Å²) < 4.78 is 16.3. The highest BCUT2D eigenvalue weighted by molar-refractivity contribution is 9.10. The van der Waals surface area contributed by atoms with Gasteiger partial charge >= 0.3 is 0 Å². The number of nitrogens with zero attached hydrogens (tertiary/aromatic N) is 3. The lowest BCUT2D eigenvalue weighted by Gasteiger charge is -2.14. The van der Waals surface area contributed by atoms with Crippen LogP contribution in [-0.2, 0) is 4.84 Å². The molecule has 0 aliphatic rings. The van der Waals surface area contributed by atoms with E-state index in [0.29, 0.717) is 9.99 Å². The molecule has 0 radical (unpaired) electrons. The molecule has 1 unspecified atom stereocenters. The average molecular weight is 440 g/mol. The van der Waals surface area contributed by atoms with Gasteiger partial charge in [-0.05, 0) is 18.2 Å². The molecular formula is C16H15BrFN5O4. The van der Waals surface area contributed by atoms with Gasteiger partial charge in [-0.25, -0.2) is 19.8 Å².